The minimum Gasteiger partial charge on any atom is -0.451 e. The normalized spacial score (nSPS) is 11.7. The molecule has 6 heteroatoms. The van der Waals surface area contributed by atoms with Gasteiger partial charge in [0.1, 0.15) is 12.0 Å². The lowest BCUT2D eigenvalue weighted by molar-refractivity contribution is 0.115. The van der Waals surface area contributed by atoms with Crippen LogP contribution >= 0.6 is 11.8 Å². The van der Waals surface area contributed by atoms with Crippen molar-refractivity contribution < 1.29 is 14.6 Å². The largest absolute Gasteiger partial charge is 0.451 e. The highest BCUT2D eigenvalue weighted by Crippen LogP contribution is 2.30. The second-order valence-corrected chi connectivity index (χ2v) is 7.47. The van der Waals surface area contributed by atoms with Gasteiger partial charge in [-0.15, -0.1) is 0 Å². The van der Waals surface area contributed by atoms with Gasteiger partial charge in [-0.05, 0) is 42.7 Å². The standard InChI is InChI=1S/C20H22N2O3S/c21-20(12-23,13-24)10-9-15-1-5-17(6-2-15)26-18-7-3-16(4-8-18)19-11-25-14-22-19/h1-8,11,14,23-24H,9-10,12-13,21H2. The molecule has 4 N–H and O–H groups in total. The first-order chi connectivity index (χ1) is 12.6. The van der Waals surface area contributed by atoms with E-state index in [9.17, 15) is 10.2 Å². The maximum atomic E-state index is 9.25. The fraction of sp³-hybridized carbons (Fsp3) is 0.250. The molecule has 0 aliphatic heterocycles. The van der Waals surface area contributed by atoms with Crippen molar-refractivity contribution in [1.82, 2.24) is 4.98 Å². The molecule has 1 aromatic heterocycles. The Morgan fingerprint density at radius 1 is 0.962 bits per heavy atom. The summed E-state index contributed by atoms with van der Waals surface area (Å²) in [6, 6.07) is 16.4. The van der Waals surface area contributed by atoms with E-state index in [0.717, 1.165) is 33.0 Å². The molecule has 136 valence electrons. The van der Waals surface area contributed by atoms with Crippen molar-refractivity contribution in [3.8, 4) is 11.3 Å². The van der Waals surface area contributed by atoms with Gasteiger partial charge in [-0.1, -0.05) is 36.0 Å². The Balaban J connectivity index is 1.59. The zero-order chi connectivity index (χ0) is 18.4. The molecule has 0 fully saturated rings. The fourth-order valence-corrected chi connectivity index (χ4v) is 3.33. The zero-order valence-corrected chi connectivity index (χ0v) is 15.2. The number of oxazole rings is 1. The summed E-state index contributed by atoms with van der Waals surface area (Å²) < 4.78 is 5.01. The third kappa shape index (κ3) is 4.74. The minimum atomic E-state index is -0.918. The van der Waals surface area contributed by atoms with Crippen molar-refractivity contribution in [3.05, 3.63) is 66.8 Å². The molecular weight excluding hydrogens is 348 g/mol. The predicted molar refractivity (Wildman–Crippen MR) is 102 cm³/mol. The molecule has 0 amide bonds. The first-order valence-corrected chi connectivity index (χ1v) is 9.19. The molecule has 0 unspecified atom stereocenters. The monoisotopic (exact) mass is 370 g/mol. The first kappa shape index (κ1) is 18.7. The van der Waals surface area contributed by atoms with Crippen LogP contribution in [0.25, 0.3) is 11.3 Å². The number of rotatable bonds is 8. The lowest BCUT2D eigenvalue weighted by Gasteiger charge is -2.24. The Morgan fingerprint density at radius 2 is 1.58 bits per heavy atom. The highest BCUT2D eigenvalue weighted by molar-refractivity contribution is 7.99. The first-order valence-electron chi connectivity index (χ1n) is 8.38. The van der Waals surface area contributed by atoms with Gasteiger partial charge in [-0.3, -0.25) is 0 Å². The van der Waals surface area contributed by atoms with Gasteiger partial charge in [-0.25, -0.2) is 4.98 Å². The molecule has 3 aromatic rings. The SMILES string of the molecule is NC(CO)(CO)CCc1ccc(Sc2ccc(-c3cocn3)cc2)cc1. The number of aryl methyl sites for hydroxylation is 1. The van der Waals surface area contributed by atoms with Gasteiger partial charge in [0, 0.05) is 15.4 Å². The van der Waals surface area contributed by atoms with E-state index in [1.807, 2.05) is 12.1 Å². The van der Waals surface area contributed by atoms with Gasteiger partial charge in [-0.2, -0.15) is 0 Å². The molecule has 0 saturated carbocycles. The highest BCUT2D eigenvalue weighted by atomic mass is 32.2. The van der Waals surface area contributed by atoms with Crippen LogP contribution in [0.2, 0.25) is 0 Å². The fourth-order valence-electron chi connectivity index (χ4n) is 2.51. The van der Waals surface area contributed by atoms with E-state index < -0.39 is 5.54 Å². The van der Waals surface area contributed by atoms with E-state index >= 15 is 0 Å². The second kappa shape index (κ2) is 8.51. The summed E-state index contributed by atoms with van der Waals surface area (Å²) >= 11 is 1.69. The molecule has 2 aromatic carbocycles. The van der Waals surface area contributed by atoms with E-state index in [0.29, 0.717) is 6.42 Å². The predicted octanol–water partition coefficient (Wildman–Crippen LogP) is 3.11. The Labute approximate surface area is 156 Å². The number of benzene rings is 2. The molecule has 0 saturated heterocycles. The van der Waals surface area contributed by atoms with Crippen LogP contribution in [0.1, 0.15) is 12.0 Å². The van der Waals surface area contributed by atoms with Gasteiger partial charge < -0.3 is 20.4 Å². The number of aromatic nitrogens is 1. The van der Waals surface area contributed by atoms with Crippen molar-refractivity contribution in [2.24, 2.45) is 5.73 Å². The average molecular weight is 370 g/mol. The smallest absolute Gasteiger partial charge is 0.181 e. The Morgan fingerprint density at radius 3 is 2.12 bits per heavy atom. The molecule has 0 spiro atoms. The number of nitrogens with zero attached hydrogens (tertiary/aromatic N) is 1. The average Bonchev–Trinajstić information content (AvgIpc) is 3.23. The van der Waals surface area contributed by atoms with Gasteiger partial charge >= 0.3 is 0 Å². The van der Waals surface area contributed by atoms with Gasteiger partial charge in [0.05, 0.1) is 18.8 Å². The third-order valence-electron chi connectivity index (χ3n) is 4.28. The maximum Gasteiger partial charge on any atom is 0.181 e. The van der Waals surface area contributed by atoms with E-state index in [1.165, 1.54) is 6.39 Å². The number of nitrogens with two attached hydrogens (primary N) is 1. The van der Waals surface area contributed by atoms with Crippen LogP contribution in [0.5, 0.6) is 0 Å². The molecule has 0 bridgehead atoms. The van der Waals surface area contributed by atoms with Crippen molar-refractivity contribution >= 4 is 11.8 Å². The van der Waals surface area contributed by atoms with E-state index in [1.54, 1.807) is 18.0 Å². The van der Waals surface area contributed by atoms with Crippen LogP contribution in [0.15, 0.2) is 75.4 Å². The highest BCUT2D eigenvalue weighted by Gasteiger charge is 2.22. The summed E-state index contributed by atoms with van der Waals surface area (Å²) in [5.41, 5.74) is 7.97. The summed E-state index contributed by atoms with van der Waals surface area (Å²) in [6.45, 7) is -0.441. The zero-order valence-electron chi connectivity index (χ0n) is 14.3. The summed E-state index contributed by atoms with van der Waals surface area (Å²) in [5.74, 6) is 0. The lowest BCUT2D eigenvalue weighted by atomic mass is 9.94. The Hall–Kier alpha value is -2.12. The van der Waals surface area contributed by atoms with Crippen LogP contribution in [0.3, 0.4) is 0 Å². The van der Waals surface area contributed by atoms with E-state index in [-0.39, 0.29) is 13.2 Å². The van der Waals surface area contributed by atoms with Crippen LogP contribution in [-0.4, -0.2) is 33.9 Å². The summed E-state index contributed by atoms with van der Waals surface area (Å²) in [7, 11) is 0. The maximum absolute atomic E-state index is 9.25. The topological polar surface area (TPSA) is 92.5 Å². The molecule has 0 radical (unpaired) electrons. The van der Waals surface area contributed by atoms with Gasteiger partial charge in [0.25, 0.3) is 0 Å². The number of aliphatic hydroxyl groups excluding tert-OH is 2. The molecule has 3 rings (SSSR count). The van der Waals surface area contributed by atoms with Crippen molar-refractivity contribution in [2.75, 3.05) is 13.2 Å². The molecule has 5 nitrogen and oxygen atoms in total. The van der Waals surface area contributed by atoms with Crippen LogP contribution in [0, 0.1) is 0 Å². The van der Waals surface area contributed by atoms with Gasteiger partial charge in [0.2, 0.25) is 0 Å². The van der Waals surface area contributed by atoms with E-state index in [4.69, 9.17) is 10.2 Å². The Kier molecular flexibility index (Phi) is 6.11. The van der Waals surface area contributed by atoms with Crippen LogP contribution in [-0.2, 0) is 6.42 Å². The molecular formula is C20H22N2O3S. The van der Waals surface area contributed by atoms with Crippen molar-refractivity contribution in [2.45, 2.75) is 28.2 Å². The third-order valence-corrected chi connectivity index (χ3v) is 5.30. The lowest BCUT2D eigenvalue weighted by Crippen LogP contribution is -2.47. The molecule has 1 heterocycles. The molecule has 0 atom stereocenters. The molecule has 26 heavy (non-hydrogen) atoms. The second-order valence-electron chi connectivity index (χ2n) is 6.32. The van der Waals surface area contributed by atoms with Crippen molar-refractivity contribution in [1.29, 1.82) is 0 Å². The molecule has 0 aliphatic carbocycles. The summed E-state index contributed by atoms with van der Waals surface area (Å²) in [6.07, 6.45) is 4.31. The van der Waals surface area contributed by atoms with Crippen LogP contribution < -0.4 is 5.73 Å². The number of hydrogen-bond donors (Lipinski definition) is 3. The van der Waals surface area contributed by atoms with Gasteiger partial charge in [0.15, 0.2) is 6.39 Å². The minimum absolute atomic E-state index is 0.220. The summed E-state index contributed by atoms with van der Waals surface area (Å²) in [4.78, 5) is 6.43. The Bertz CT molecular complexity index is 798. The summed E-state index contributed by atoms with van der Waals surface area (Å²) in [5, 5.41) is 18.5. The van der Waals surface area contributed by atoms with Crippen LogP contribution in [0.4, 0.5) is 0 Å². The number of aliphatic hydroxyl groups is 2. The quantitative estimate of drug-likeness (QED) is 0.564. The molecule has 0 aliphatic rings. The van der Waals surface area contributed by atoms with Crippen molar-refractivity contribution in [3.63, 3.8) is 0 Å². The van der Waals surface area contributed by atoms with E-state index in [2.05, 4.69) is 41.4 Å². The number of hydrogen-bond acceptors (Lipinski definition) is 6.